The highest BCUT2D eigenvalue weighted by atomic mass is 19.1. The Morgan fingerprint density at radius 2 is 1.64 bits per heavy atom. The van der Waals surface area contributed by atoms with E-state index in [0.29, 0.717) is 5.75 Å². The number of phenols is 1. The Morgan fingerprint density at radius 3 is 2.40 bits per heavy atom. The molecular weight excluding hydrogens is 311 g/mol. The highest BCUT2D eigenvalue weighted by Crippen LogP contribution is 2.27. The second-order valence-electron chi connectivity index (χ2n) is 6.72. The van der Waals surface area contributed by atoms with E-state index >= 15 is 0 Å². The van der Waals surface area contributed by atoms with Crippen LogP contribution in [0.2, 0.25) is 0 Å². The summed E-state index contributed by atoms with van der Waals surface area (Å²) in [5, 5.41) is 9.95. The van der Waals surface area contributed by atoms with Crippen molar-refractivity contribution in [2.24, 2.45) is 0 Å². The summed E-state index contributed by atoms with van der Waals surface area (Å²) in [6.45, 7) is 6.11. The molecule has 3 rings (SSSR count). The van der Waals surface area contributed by atoms with Crippen molar-refractivity contribution in [1.29, 1.82) is 0 Å². The molecule has 0 bridgehead atoms. The monoisotopic (exact) mass is 334 g/mol. The molecule has 0 amide bonds. The molecule has 0 saturated carbocycles. The van der Waals surface area contributed by atoms with Gasteiger partial charge in [0.25, 0.3) is 0 Å². The van der Waals surface area contributed by atoms with E-state index in [9.17, 15) is 9.50 Å². The van der Waals surface area contributed by atoms with Crippen LogP contribution in [0.4, 0.5) is 4.39 Å². The summed E-state index contributed by atoms with van der Waals surface area (Å²) < 4.78 is 13.5. The lowest BCUT2D eigenvalue weighted by atomic mass is 9.93. The van der Waals surface area contributed by atoms with E-state index in [1.807, 2.05) is 19.1 Å². The number of aromatic hydroxyl groups is 1. The molecular formula is C23H23FO. The Morgan fingerprint density at radius 1 is 0.840 bits per heavy atom. The highest BCUT2D eigenvalue weighted by molar-refractivity contribution is 5.65. The predicted molar refractivity (Wildman–Crippen MR) is 102 cm³/mol. The zero-order valence-electron chi connectivity index (χ0n) is 14.9. The van der Waals surface area contributed by atoms with Gasteiger partial charge in [0.15, 0.2) is 0 Å². The maximum absolute atomic E-state index is 13.5. The standard InChI is InChI=1S/C23H23FO/c1-15-11-18(8-9-22-16(2)7-10-23(25)17(22)3)13-20(12-15)19-5-4-6-21(24)14-19/h4-7,10-14,25H,8-9H2,1-3H3. The van der Waals surface area contributed by atoms with E-state index in [0.717, 1.165) is 29.5 Å². The van der Waals surface area contributed by atoms with Crippen LogP contribution in [-0.2, 0) is 12.8 Å². The minimum atomic E-state index is -0.216. The van der Waals surface area contributed by atoms with Crippen molar-refractivity contribution in [2.75, 3.05) is 0 Å². The number of hydrogen-bond donors (Lipinski definition) is 1. The van der Waals surface area contributed by atoms with Crippen molar-refractivity contribution < 1.29 is 9.50 Å². The molecule has 0 fully saturated rings. The molecule has 2 heteroatoms. The molecule has 0 unspecified atom stereocenters. The summed E-state index contributed by atoms with van der Waals surface area (Å²) in [6, 6.07) is 16.8. The van der Waals surface area contributed by atoms with E-state index in [1.165, 1.54) is 28.3 Å². The summed E-state index contributed by atoms with van der Waals surface area (Å²) in [7, 11) is 0. The number of aryl methyl sites for hydroxylation is 3. The minimum Gasteiger partial charge on any atom is -0.508 e. The molecule has 0 aliphatic rings. The number of benzene rings is 3. The van der Waals surface area contributed by atoms with E-state index in [1.54, 1.807) is 18.2 Å². The third-order valence-corrected chi connectivity index (χ3v) is 4.76. The Hall–Kier alpha value is -2.61. The van der Waals surface area contributed by atoms with Gasteiger partial charge in [-0.3, -0.25) is 0 Å². The lowest BCUT2D eigenvalue weighted by Crippen LogP contribution is -1.98. The normalized spacial score (nSPS) is 10.9. The lowest BCUT2D eigenvalue weighted by molar-refractivity contribution is 0.470. The molecule has 0 atom stereocenters. The summed E-state index contributed by atoms with van der Waals surface area (Å²) >= 11 is 0. The molecule has 0 spiro atoms. The van der Waals surface area contributed by atoms with E-state index < -0.39 is 0 Å². The molecule has 1 N–H and O–H groups in total. The lowest BCUT2D eigenvalue weighted by Gasteiger charge is -2.13. The Labute approximate surface area is 148 Å². The molecule has 0 aromatic heterocycles. The Kier molecular flexibility index (Phi) is 4.89. The number of rotatable bonds is 4. The minimum absolute atomic E-state index is 0.216. The van der Waals surface area contributed by atoms with Crippen LogP contribution in [0, 0.1) is 26.6 Å². The van der Waals surface area contributed by atoms with Crippen molar-refractivity contribution in [1.82, 2.24) is 0 Å². The van der Waals surface area contributed by atoms with Gasteiger partial charge in [-0.05, 0) is 85.2 Å². The summed E-state index contributed by atoms with van der Waals surface area (Å²) in [6.07, 6.45) is 1.76. The molecule has 0 saturated heterocycles. The first-order valence-corrected chi connectivity index (χ1v) is 8.58. The van der Waals surface area contributed by atoms with Crippen molar-refractivity contribution in [3.63, 3.8) is 0 Å². The predicted octanol–water partition coefficient (Wildman–Crippen LogP) is 5.91. The second kappa shape index (κ2) is 7.10. The topological polar surface area (TPSA) is 20.2 Å². The van der Waals surface area contributed by atoms with Crippen molar-refractivity contribution >= 4 is 0 Å². The van der Waals surface area contributed by atoms with Crippen molar-refractivity contribution in [3.8, 4) is 16.9 Å². The van der Waals surface area contributed by atoms with Crippen LogP contribution in [0.15, 0.2) is 54.6 Å². The first-order chi connectivity index (χ1) is 11.9. The van der Waals surface area contributed by atoms with Crippen molar-refractivity contribution in [2.45, 2.75) is 33.6 Å². The summed E-state index contributed by atoms with van der Waals surface area (Å²) in [4.78, 5) is 0. The fourth-order valence-corrected chi connectivity index (χ4v) is 3.38. The van der Waals surface area contributed by atoms with Crippen LogP contribution >= 0.6 is 0 Å². The fourth-order valence-electron chi connectivity index (χ4n) is 3.38. The maximum Gasteiger partial charge on any atom is 0.123 e. The maximum atomic E-state index is 13.5. The molecule has 0 aliphatic carbocycles. The van der Waals surface area contributed by atoms with Gasteiger partial charge in [-0.2, -0.15) is 0 Å². The number of hydrogen-bond acceptors (Lipinski definition) is 1. The van der Waals surface area contributed by atoms with Crippen LogP contribution in [0.3, 0.4) is 0 Å². The quantitative estimate of drug-likeness (QED) is 0.629. The van der Waals surface area contributed by atoms with Gasteiger partial charge in [-0.25, -0.2) is 4.39 Å². The molecule has 3 aromatic rings. The third-order valence-electron chi connectivity index (χ3n) is 4.76. The van der Waals surface area contributed by atoms with Gasteiger partial charge < -0.3 is 5.11 Å². The number of phenolic OH excluding ortho intramolecular Hbond substituents is 1. The third kappa shape index (κ3) is 3.90. The van der Waals surface area contributed by atoms with Gasteiger partial charge >= 0.3 is 0 Å². The molecule has 0 heterocycles. The van der Waals surface area contributed by atoms with Crippen LogP contribution in [0.25, 0.3) is 11.1 Å². The van der Waals surface area contributed by atoms with Gasteiger partial charge in [0.05, 0.1) is 0 Å². The first-order valence-electron chi connectivity index (χ1n) is 8.58. The molecule has 3 aromatic carbocycles. The van der Waals surface area contributed by atoms with E-state index in [-0.39, 0.29) is 5.82 Å². The van der Waals surface area contributed by atoms with Crippen LogP contribution in [-0.4, -0.2) is 5.11 Å². The van der Waals surface area contributed by atoms with E-state index in [2.05, 4.69) is 32.0 Å². The van der Waals surface area contributed by atoms with Gasteiger partial charge in [0.2, 0.25) is 0 Å². The average Bonchev–Trinajstić information content (AvgIpc) is 2.58. The first kappa shape index (κ1) is 17.2. The Bertz CT molecular complexity index is 912. The second-order valence-corrected chi connectivity index (χ2v) is 6.72. The van der Waals surface area contributed by atoms with Gasteiger partial charge in [-0.1, -0.05) is 42.0 Å². The van der Waals surface area contributed by atoms with Crippen molar-refractivity contribution in [3.05, 3.63) is 88.2 Å². The fraction of sp³-hybridized carbons (Fsp3) is 0.217. The van der Waals surface area contributed by atoms with Crippen LogP contribution in [0.1, 0.15) is 27.8 Å². The summed E-state index contributed by atoms with van der Waals surface area (Å²) in [5.74, 6) is 0.136. The average molecular weight is 334 g/mol. The van der Waals surface area contributed by atoms with Gasteiger partial charge in [-0.15, -0.1) is 0 Å². The van der Waals surface area contributed by atoms with E-state index in [4.69, 9.17) is 0 Å². The SMILES string of the molecule is Cc1cc(CCc2c(C)ccc(O)c2C)cc(-c2cccc(F)c2)c1. The largest absolute Gasteiger partial charge is 0.508 e. The zero-order chi connectivity index (χ0) is 18.0. The van der Waals surface area contributed by atoms with Crippen LogP contribution in [0.5, 0.6) is 5.75 Å². The molecule has 128 valence electrons. The highest BCUT2D eigenvalue weighted by Gasteiger charge is 2.08. The smallest absolute Gasteiger partial charge is 0.123 e. The van der Waals surface area contributed by atoms with Gasteiger partial charge in [0, 0.05) is 0 Å². The van der Waals surface area contributed by atoms with Crippen LogP contribution < -0.4 is 0 Å². The number of halogens is 1. The molecule has 1 nitrogen and oxygen atoms in total. The summed E-state index contributed by atoms with van der Waals surface area (Å²) in [5.41, 5.74) is 7.69. The molecule has 0 radical (unpaired) electrons. The van der Waals surface area contributed by atoms with Gasteiger partial charge in [0.1, 0.15) is 11.6 Å². The molecule has 0 aliphatic heterocycles. The molecule has 25 heavy (non-hydrogen) atoms. The Balaban J connectivity index is 1.88. The zero-order valence-corrected chi connectivity index (χ0v) is 14.9.